The van der Waals surface area contributed by atoms with Gasteiger partial charge in [-0.2, -0.15) is 0 Å². The number of rotatable bonds is 5. The molecule has 6 heteroatoms. The summed E-state index contributed by atoms with van der Waals surface area (Å²) in [5.74, 6) is 0. The summed E-state index contributed by atoms with van der Waals surface area (Å²) in [4.78, 5) is 10.4. The van der Waals surface area contributed by atoms with Crippen molar-refractivity contribution in [1.29, 1.82) is 0 Å². The van der Waals surface area contributed by atoms with Crippen molar-refractivity contribution >= 4 is 27.3 Å². The van der Waals surface area contributed by atoms with Gasteiger partial charge in [-0.3, -0.25) is 10.1 Å². The normalized spacial score (nSPS) is 14.1. The van der Waals surface area contributed by atoms with Crippen LogP contribution < -0.4 is 5.32 Å². The number of hydrogen-bond donors (Lipinski definition) is 2. The number of nitro groups is 1. The molecule has 1 rings (SSSR count). The summed E-state index contributed by atoms with van der Waals surface area (Å²) < 4.78 is 0.617. The van der Waals surface area contributed by atoms with E-state index < -0.39 is 10.5 Å². The first kappa shape index (κ1) is 14.9. The van der Waals surface area contributed by atoms with E-state index in [9.17, 15) is 15.2 Å². The molecule has 0 saturated heterocycles. The Hall–Kier alpha value is -1.14. The number of nitrogens with zero attached hydrogens (tertiary/aromatic N) is 1. The summed E-state index contributed by atoms with van der Waals surface area (Å²) in [6, 6.07) is 3.17. The van der Waals surface area contributed by atoms with Crippen LogP contribution in [0.25, 0.3) is 0 Å². The molecule has 0 fully saturated rings. The third-order valence-electron chi connectivity index (χ3n) is 2.90. The molecule has 1 aromatic rings. The van der Waals surface area contributed by atoms with Gasteiger partial charge in [-0.05, 0) is 42.3 Å². The zero-order valence-electron chi connectivity index (χ0n) is 10.7. The van der Waals surface area contributed by atoms with E-state index in [4.69, 9.17) is 0 Å². The molecule has 0 amide bonds. The number of anilines is 1. The van der Waals surface area contributed by atoms with Gasteiger partial charge >= 0.3 is 0 Å². The second-order valence-corrected chi connectivity index (χ2v) is 5.43. The van der Waals surface area contributed by atoms with Crippen molar-refractivity contribution in [3.8, 4) is 0 Å². The lowest BCUT2D eigenvalue weighted by Gasteiger charge is -2.22. The number of nitro benzene ring substituents is 1. The molecule has 0 aliphatic carbocycles. The molecule has 0 spiro atoms. The SMILES string of the molecule is CCC(C)(O)CNc1cc(C)c([N+](=O)[O-])cc1Br. The van der Waals surface area contributed by atoms with Crippen LogP contribution in [0.4, 0.5) is 11.4 Å². The van der Waals surface area contributed by atoms with Crippen LogP contribution in [0.1, 0.15) is 25.8 Å². The van der Waals surface area contributed by atoms with Gasteiger partial charge in [-0.15, -0.1) is 0 Å². The molecule has 0 aliphatic heterocycles. The molecule has 0 aliphatic rings. The van der Waals surface area contributed by atoms with Crippen molar-refractivity contribution < 1.29 is 10.0 Å². The number of hydrogen-bond acceptors (Lipinski definition) is 4. The standard InChI is InChI=1S/C12H17BrN2O3/c1-4-12(3,16)7-14-10-5-8(2)11(15(17)18)6-9(10)13/h5-6,14,16H,4,7H2,1-3H3. The quantitative estimate of drug-likeness (QED) is 0.646. The Balaban J connectivity index is 2.92. The van der Waals surface area contributed by atoms with Crippen LogP contribution in [0, 0.1) is 17.0 Å². The minimum Gasteiger partial charge on any atom is -0.388 e. The molecule has 0 saturated carbocycles. The number of aliphatic hydroxyl groups is 1. The molecule has 0 bridgehead atoms. The zero-order valence-corrected chi connectivity index (χ0v) is 12.2. The fourth-order valence-electron chi connectivity index (χ4n) is 1.41. The third-order valence-corrected chi connectivity index (χ3v) is 3.56. The van der Waals surface area contributed by atoms with Gasteiger partial charge in [0, 0.05) is 28.3 Å². The molecule has 0 heterocycles. The Bertz CT molecular complexity index is 461. The van der Waals surface area contributed by atoms with Crippen LogP contribution in [0.2, 0.25) is 0 Å². The van der Waals surface area contributed by atoms with E-state index in [2.05, 4.69) is 21.2 Å². The maximum atomic E-state index is 10.8. The maximum absolute atomic E-state index is 10.8. The summed E-state index contributed by atoms with van der Waals surface area (Å²) in [7, 11) is 0. The minimum absolute atomic E-state index is 0.0784. The largest absolute Gasteiger partial charge is 0.388 e. The molecule has 0 radical (unpaired) electrons. The third kappa shape index (κ3) is 3.68. The summed E-state index contributed by atoms with van der Waals surface area (Å²) in [5.41, 5.74) is 0.609. The van der Waals surface area contributed by atoms with E-state index >= 15 is 0 Å². The molecule has 0 aromatic heterocycles. The van der Waals surface area contributed by atoms with Gasteiger partial charge < -0.3 is 10.4 Å². The molecule has 1 aromatic carbocycles. The van der Waals surface area contributed by atoms with Gasteiger partial charge in [0.05, 0.1) is 10.5 Å². The van der Waals surface area contributed by atoms with Crippen molar-refractivity contribution in [2.45, 2.75) is 32.8 Å². The van der Waals surface area contributed by atoms with E-state index in [1.54, 1.807) is 19.9 Å². The molecule has 1 unspecified atom stereocenters. The van der Waals surface area contributed by atoms with Crippen molar-refractivity contribution in [1.82, 2.24) is 0 Å². The zero-order chi connectivity index (χ0) is 13.9. The van der Waals surface area contributed by atoms with Gasteiger partial charge in [0.1, 0.15) is 0 Å². The van der Waals surface area contributed by atoms with Crippen LogP contribution in [-0.4, -0.2) is 22.2 Å². The first-order chi connectivity index (χ1) is 8.26. The summed E-state index contributed by atoms with van der Waals surface area (Å²) >= 11 is 3.29. The van der Waals surface area contributed by atoms with Gasteiger partial charge in [0.2, 0.25) is 0 Å². The highest BCUT2D eigenvalue weighted by atomic mass is 79.9. The monoisotopic (exact) mass is 316 g/mol. The van der Waals surface area contributed by atoms with Gasteiger partial charge in [-0.1, -0.05) is 6.92 Å². The molecule has 1 atom stereocenters. The summed E-state index contributed by atoms with van der Waals surface area (Å²) in [5, 5.41) is 23.8. The van der Waals surface area contributed by atoms with Crippen molar-refractivity contribution in [3.05, 3.63) is 32.3 Å². The molecule has 2 N–H and O–H groups in total. The summed E-state index contributed by atoms with van der Waals surface area (Å²) in [6.07, 6.45) is 0.629. The second kappa shape index (κ2) is 5.67. The van der Waals surface area contributed by atoms with Crippen LogP contribution >= 0.6 is 15.9 Å². The number of aryl methyl sites for hydroxylation is 1. The fraction of sp³-hybridized carbons (Fsp3) is 0.500. The smallest absolute Gasteiger partial charge is 0.273 e. The topological polar surface area (TPSA) is 75.4 Å². The highest BCUT2D eigenvalue weighted by molar-refractivity contribution is 9.10. The van der Waals surface area contributed by atoms with Crippen LogP contribution in [0.15, 0.2) is 16.6 Å². The van der Waals surface area contributed by atoms with E-state index in [0.29, 0.717) is 23.0 Å². The Kier molecular flexibility index (Phi) is 4.70. The van der Waals surface area contributed by atoms with E-state index in [1.165, 1.54) is 6.07 Å². The molecular weight excluding hydrogens is 300 g/mol. The van der Waals surface area contributed by atoms with E-state index in [-0.39, 0.29) is 5.69 Å². The average Bonchev–Trinajstić information content (AvgIpc) is 2.29. The van der Waals surface area contributed by atoms with Crippen LogP contribution in [0.5, 0.6) is 0 Å². The highest BCUT2D eigenvalue weighted by Crippen LogP contribution is 2.31. The summed E-state index contributed by atoms with van der Waals surface area (Å²) in [6.45, 7) is 5.72. The second-order valence-electron chi connectivity index (χ2n) is 4.58. The van der Waals surface area contributed by atoms with Crippen LogP contribution in [-0.2, 0) is 0 Å². The molecule has 100 valence electrons. The maximum Gasteiger partial charge on any atom is 0.273 e. The first-order valence-corrected chi connectivity index (χ1v) is 6.47. The number of nitrogens with one attached hydrogen (secondary N) is 1. The first-order valence-electron chi connectivity index (χ1n) is 5.67. The number of benzene rings is 1. The van der Waals surface area contributed by atoms with E-state index in [1.807, 2.05) is 6.92 Å². The molecule has 18 heavy (non-hydrogen) atoms. The fourth-order valence-corrected chi connectivity index (χ4v) is 1.89. The lowest BCUT2D eigenvalue weighted by Crippen LogP contribution is -2.32. The Morgan fingerprint density at radius 1 is 1.56 bits per heavy atom. The lowest BCUT2D eigenvalue weighted by molar-refractivity contribution is -0.385. The Morgan fingerprint density at radius 3 is 2.67 bits per heavy atom. The highest BCUT2D eigenvalue weighted by Gasteiger charge is 2.19. The van der Waals surface area contributed by atoms with E-state index in [0.717, 1.165) is 5.69 Å². The van der Waals surface area contributed by atoms with Crippen LogP contribution in [0.3, 0.4) is 0 Å². The number of halogens is 1. The minimum atomic E-state index is -0.797. The van der Waals surface area contributed by atoms with Crippen molar-refractivity contribution in [2.24, 2.45) is 0 Å². The lowest BCUT2D eigenvalue weighted by atomic mass is 10.0. The molecule has 5 nitrogen and oxygen atoms in total. The predicted molar refractivity (Wildman–Crippen MR) is 74.9 cm³/mol. The van der Waals surface area contributed by atoms with Crippen molar-refractivity contribution in [3.63, 3.8) is 0 Å². The van der Waals surface area contributed by atoms with Gasteiger partial charge in [0.15, 0.2) is 0 Å². The Morgan fingerprint density at radius 2 is 2.17 bits per heavy atom. The van der Waals surface area contributed by atoms with Gasteiger partial charge in [-0.25, -0.2) is 0 Å². The molecular formula is C12H17BrN2O3. The van der Waals surface area contributed by atoms with Gasteiger partial charge in [0.25, 0.3) is 5.69 Å². The van der Waals surface area contributed by atoms with Crippen molar-refractivity contribution in [2.75, 3.05) is 11.9 Å². The Labute approximate surface area is 114 Å². The predicted octanol–water partition coefficient (Wildman–Crippen LogP) is 3.24. The average molecular weight is 317 g/mol.